The van der Waals surface area contributed by atoms with Gasteiger partial charge in [-0.25, -0.2) is 0 Å². The Balaban J connectivity index is -0.000000172. The predicted molar refractivity (Wildman–Crippen MR) is 63.2 cm³/mol. The molecule has 0 amide bonds. The van der Waals surface area contributed by atoms with Crippen molar-refractivity contribution in [3.8, 4) is 0 Å². The zero-order valence-corrected chi connectivity index (χ0v) is 11.0. The van der Waals surface area contributed by atoms with Gasteiger partial charge in [0.05, 0.1) is 13.2 Å². The average Bonchev–Trinajstić information content (AvgIpc) is 2.14. The minimum atomic E-state index is -0.750. The molecule has 0 aliphatic carbocycles. The van der Waals surface area contributed by atoms with Crippen LogP contribution in [0.5, 0.6) is 0 Å². The third kappa shape index (κ3) is 49.9. The van der Waals surface area contributed by atoms with E-state index in [0.717, 1.165) is 6.42 Å². The number of ketones is 1. The SMILES string of the molecule is CC(=O)CC(C)C.COCCOC.OCO. The van der Waals surface area contributed by atoms with Crippen LogP contribution in [0.15, 0.2) is 0 Å². The summed E-state index contributed by atoms with van der Waals surface area (Å²) < 4.78 is 9.31. The Morgan fingerprint density at radius 2 is 1.44 bits per heavy atom. The fraction of sp³-hybridized carbons (Fsp3) is 0.909. The molecule has 0 saturated carbocycles. The smallest absolute Gasteiger partial charge is 0.140 e. The van der Waals surface area contributed by atoms with Gasteiger partial charge >= 0.3 is 0 Å². The van der Waals surface area contributed by atoms with E-state index in [1.165, 1.54) is 0 Å². The summed E-state index contributed by atoms with van der Waals surface area (Å²) in [6.45, 7) is 6.34. The van der Waals surface area contributed by atoms with Crippen molar-refractivity contribution in [2.75, 3.05) is 34.2 Å². The summed E-state index contributed by atoms with van der Waals surface area (Å²) in [6.07, 6.45) is 0.722. The molecule has 0 unspecified atom stereocenters. The third-order valence-corrected chi connectivity index (χ3v) is 1.19. The number of methoxy groups -OCH3 is 2. The molecule has 0 aromatic rings. The summed E-state index contributed by atoms with van der Waals surface area (Å²) in [5.74, 6) is 0.813. The summed E-state index contributed by atoms with van der Waals surface area (Å²) in [6, 6.07) is 0. The Morgan fingerprint density at radius 1 is 1.12 bits per heavy atom. The van der Waals surface area contributed by atoms with Gasteiger partial charge in [0.2, 0.25) is 0 Å². The van der Waals surface area contributed by atoms with Gasteiger partial charge in [-0.15, -0.1) is 0 Å². The van der Waals surface area contributed by atoms with Crippen molar-refractivity contribution in [2.24, 2.45) is 5.92 Å². The van der Waals surface area contributed by atoms with Gasteiger partial charge in [-0.2, -0.15) is 0 Å². The molecule has 0 spiro atoms. The van der Waals surface area contributed by atoms with E-state index >= 15 is 0 Å². The lowest BCUT2D eigenvalue weighted by Gasteiger charge is -1.95. The van der Waals surface area contributed by atoms with Crippen LogP contribution in [0.25, 0.3) is 0 Å². The molecule has 0 saturated heterocycles. The second kappa shape index (κ2) is 20.0. The van der Waals surface area contributed by atoms with Crippen LogP contribution >= 0.6 is 0 Å². The van der Waals surface area contributed by atoms with Crippen LogP contribution in [-0.2, 0) is 14.3 Å². The van der Waals surface area contributed by atoms with Crippen molar-refractivity contribution in [3.63, 3.8) is 0 Å². The molecule has 0 aliphatic rings. The van der Waals surface area contributed by atoms with Crippen LogP contribution in [0, 0.1) is 5.92 Å². The van der Waals surface area contributed by atoms with Crippen molar-refractivity contribution in [1.82, 2.24) is 0 Å². The van der Waals surface area contributed by atoms with Crippen LogP contribution in [0.1, 0.15) is 27.2 Å². The largest absolute Gasteiger partial charge is 0.382 e. The fourth-order valence-corrected chi connectivity index (χ4v) is 0.742. The molecule has 5 heteroatoms. The van der Waals surface area contributed by atoms with Gasteiger partial charge in [-0.05, 0) is 12.8 Å². The number of hydrogen-bond acceptors (Lipinski definition) is 5. The van der Waals surface area contributed by atoms with E-state index in [9.17, 15) is 4.79 Å². The molecule has 0 aromatic carbocycles. The first-order valence-corrected chi connectivity index (χ1v) is 5.15. The number of Topliss-reactive ketones (excluding diaryl/α,β-unsaturated/α-hetero) is 1. The van der Waals surface area contributed by atoms with Crippen LogP contribution in [0.2, 0.25) is 0 Å². The third-order valence-electron chi connectivity index (χ3n) is 1.19. The van der Waals surface area contributed by atoms with Gasteiger partial charge in [0.25, 0.3) is 0 Å². The van der Waals surface area contributed by atoms with Gasteiger partial charge < -0.3 is 24.5 Å². The predicted octanol–water partition coefficient (Wildman–Crippen LogP) is 0.829. The van der Waals surface area contributed by atoms with Crippen molar-refractivity contribution >= 4 is 5.78 Å². The molecule has 0 rings (SSSR count). The standard InChI is InChI=1S/C6H12O.C4H10O2.CH4O2/c1-5(2)4-6(3)7;1-5-3-4-6-2;2-1-3/h5H,4H2,1-3H3;3-4H2,1-2H3;2-3H,1H2. The first-order valence-electron chi connectivity index (χ1n) is 5.15. The zero-order chi connectivity index (χ0) is 13.4. The first kappa shape index (κ1) is 20.9. The van der Waals surface area contributed by atoms with E-state index in [4.69, 9.17) is 10.2 Å². The van der Waals surface area contributed by atoms with Crippen molar-refractivity contribution in [3.05, 3.63) is 0 Å². The molecular formula is C11H26O5. The fourth-order valence-electron chi connectivity index (χ4n) is 0.742. The highest BCUT2D eigenvalue weighted by Crippen LogP contribution is 1.97. The Labute approximate surface area is 98.4 Å². The maximum atomic E-state index is 10.3. The molecule has 0 aromatic heterocycles. The number of carbonyl (C=O) groups excluding carboxylic acids is 1. The Bertz CT molecular complexity index is 122. The number of aliphatic hydroxyl groups is 2. The minimum Gasteiger partial charge on any atom is -0.382 e. The molecule has 0 fully saturated rings. The monoisotopic (exact) mass is 238 g/mol. The normalized spacial score (nSPS) is 8.75. The van der Waals surface area contributed by atoms with Gasteiger partial charge in [-0.1, -0.05) is 13.8 Å². The second-order valence-electron chi connectivity index (χ2n) is 3.43. The summed E-state index contributed by atoms with van der Waals surface area (Å²) in [5, 5.41) is 14.2. The molecule has 0 bridgehead atoms. The van der Waals surface area contributed by atoms with Crippen molar-refractivity contribution in [1.29, 1.82) is 0 Å². The van der Waals surface area contributed by atoms with Gasteiger partial charge in [-0.3, -0.25) is 0 Å². The summed E-state index contributed by atoms with van der Waals surface area (Å²) in [7, 11) is 3.30. The molecule has 100 valence electrons. The Hall–Kier alpha value is -0.490. The highest BCUT2D eigenvalue weighted by Gasteiger charge is 1.95. The first-order chi connectivity index (χ1) is 7.45. The summed E-state index contributed by atoms with van der Waals surface area (Å²) >= 11 is 0. The second-order valence-corrected chi connectivity index (χ2v) is 3.43. The summed E-state index contributed by atoms with van der Waals surface area (Å²) in [4.78, 5) is 10.3. The lowest BCUT2D eigenvalue weighted by molar-refractivity contribution is -0.117. The topological polar surface area (TPSA) is 76.0 Å². The van der Waals surface area contributed by atoms with Gasteiger partial charge in [0.15, 0.2) is 0 Å². The zero-order valence-electron chi connectivity index (χ0n) is 11.0. The Morgan fingerprint density at radius 3 is 1.50 bits per heavy atom. The van der Waals surface area contributed by atoms with E-state index in [0.29, 0.717) is 19.1 Å². The highest BCUT2D eigenvalue weighted by molar-refractivity contribution is 5.75. The van der Waals surface area contributed by atoms with Crippen LogP contribution < -0.4 is 0 Å². The molecule has 2 N–H and O–H groups in total. The maximum Gasteiger partial charge on any atom is 0.140 e. The highest BCUT2D eigenvalue weighted by atomic mass is 16.5. The molecule has 0 radical (unpaired) electrons. The lowest BCUT2D eigenvalue weighted by atomic mass is 10.1. The van der Waals surface area contributed by atoms with E-state index in [1.807, 2.05) is 13.8 Å². The van der Waals surface area contributed by atoms with E-state index < -0.39 is 6.79 Å². The van der Waals surface area contributed by atoms with Crippen LogP contribution in [0.4, 0.5) is 0 Å². The van der Waals surface area contributed by atoms with Gasteiger partial charge in [0, 0.05) is 20.6 Å². The number of ether oxygens (including phenoxy) is 2. The minimum absolute atomic E-state index is 0.287. The average molecular weight is 238 g/mol. The number of hydrogen-bond donors (Lipinski definition) is 2. The number of aliphatic hydroxyl groups excluding tert-OH is 1. The van der Waals surface area contributed by atoms with Gasteiger partial charge in [0.1, 0.15) is 12.6 Å². The van der Waals surface area contributed by atoms with E-state index in [-0.39, 0.29) is 5.78 Å². The van der Waals surface area contributed by atoms with Crippen LogP contribution in [-0.4, -0.2) is 50.2 Å². The van der Waals surface area contributed by atoms with E-state index in [1.54, 1.807) is 21.1 Å². The molecule has 0 aliphatic heterocycles. The van der Waals surface area contributed by atoms with Crippen molar-refractivity contribution < 1.29 is 24.5 Å². The molecule has 0 heterocycles. The van der Waals surface area contributed by atoms with Crippen LogP contribution in [0.3, 0.4) is 0 Å². The number of carbonyl (C=O) groups is 1. The molecule has 0 atom stereocenters. The quantitative estimate of drug-likeness (QED) is 0.548. The van der Waals surface area contributed by atoms with Crippen molar-refractivity contribution in [2.45, 2.75) is 27.2 Å². The molecule has 5 nitrogen and oxygen atoms in total. The lowest BCUT2D eigenvalue weighted by Crippen LogP contribution is -1.96. The molecular weight excluding hydrogens is 212 g/mol. The number of rotatable bonds is 5. The maximum absolute atomic E-state index is 10.3. The van der Waals surface area contributed by atoms with E-state index in [2.05, 4.69) is 9.47 Å². The Kier molecular flexibility index (Phi) is 26.1. The summed E-state index contributed by atoms with van der Waals surface area (Å²) in [5.41, 5.74) is 0. The molecule has 16 heavy (non-hydrogen) atoms.